The van der Waals surface area contributed by atoms with Crippen LogP contribution < -0.4 is 5.73 Å². The number of carbonyl (C=O) groups excluding carboxylic acids is 2. The van der Waals surface area contributed by atoms with E-state index in [0.717, 1.165) is 18.4 Å². The summed E-state index contributed by atoms with van der Waals surface area (Å²) in [4.78, 5) is 26.5. The van der Waals surface area contributed by atoms with E-state index in [1.54, 1.807) is 21.7 Å². The second-order valence-electron chi connectivity index (χ2n) is 8.59. The van der Waals surface area contributed by atoms with Gasteiger partial charge in [0.25, 0.3) is 0 Å². The molecule has 1 unspecified atom stereocenters. The normalized spacial score (nSPS) is 21.2. The highest BCUT2D eigenvalue weighted by Gasteiger charge is 2.40. The molecule has 2 aromatic rings. The Balaban J connectivity index is 1.57. The van der Waals surface area contributed by atoms with Gasteiger partial charge in [-0.2, -0.15) is 4.31 Å². The Hall–Kier alpha value is -2.53. The number of likely N-dealkylation sites (tertiary alicyclic amines) is 1. The van der Waals surface area contributed by atoms with E-state index in [9.17, 15) is 18.0 Å². The maximum atomic E-state index is 13.5. The number of sulfonamides is 1. The predicted molar refractivity (Wildman–Crippen MR) is 118 cm³/mol. The summed E-state index contributed by atoms with van der Waals surface area (Å²) in [6.07, 6.45) is 3.93. The van der Waals surface area contributed by atoms with Crippen LogP contribution in [0, 0.1) is 5.92 Å². The standard InChI is InChI=1S/C21H30N6O4S/c1-2-10-26-18-7-6-16(14-17(18)23-24-26)32(30,31)27-11-4-3-5-19(27)21(29)25-12-8-15(9-13-25)20(22)28/h6-7,14-15,19H,2-5,8-13H2,1H3,(H2,22,28). The number of rotatable bonds is 6. The zero-order valence-corrected chi connectivity index (χ0v) is 19.1. The lowest BCUT2D eigenvalue weighted by Gasteiger charge is -2.38. The summed E-state index contributed by atoms with van der Waals surface area (Å²) >= 11 is 0. The molecule has 10 nitrogen and oxygen atoms in total. The number of nitrogens with two attached hydrogens (primary N) is 1. The minimum absolute atomic E-state index is 0.126. The van der Waals surface area contributed by atoms with Gasteiger partial charge in [0, 0.05) is 32.1 Å². The lowest BCUT2D eigenvalue weighted by molar-refractivity contribution is -0.139. The molecule has 2 saturated heterocycles. The molecule has 2 amide bonds. The summed E-state index contributed by atoms with van der Waals surface area (Å²) in [6.45, 7) is 3.89. The van der Waals surface area contributed by atoms with Crippen LogP contribution in [-0.4, -0.2) is 70.1 Å². The highest BCUT2D eigenvalue weighted by molar-refractivity contribution is 7.89. The second kappa shape index (κ2) is 9.14. The SMILES string of the molecule is CCCn1nnc2cc(S(=O)(=O)N3CCCCC3C(=O)N3CCC(C(N)=O)CC3)ccc21. The van der Waals surface area contributed by atoms with Crippen LogP contribution in [0.1, 0.15) is 45.4 Å². The first-order chi connectivity index (χ1) is 15.3. The molecule has 2 N–H and O–H groups in total. The van der Waals surface area contributed by atoms with Crippen LogP contribution in [0.15, 0.2) is 23.1 Å². The zero-order chi connectivity index (χ0) is 22.9. The number of fused-ring (bicyclic) bond motifs is 1. The molecule has 1 aromatic heterocycles. The molecular formula is C21H30N6O4S. The number of aromatic nitrogens is 3. The van der Waals surface area contributed by atoms with Gasteiger partial charge in [0.1, 0.15) is 11.6 Å². The molecule has 0 aliphatic carbocycles. The molecule has 4 rings (SSSR count). The van der Waals surface area contributed by atoms with Crippen LogP contribution in [0.2, 0.25) is 0 Å². The number of amides is 2. The number of hydrogen-bond acceptors (Lipinski definition) is 6. The van der Waals surface area contributed by atoms with E-state index in [0.29, 0.717) is 57.4 Å². The van der Waals surface area contributed by atoms with Crippen LogP contribution >= 0.6 is 0 Å². The number of piperidine rings is 2. The lowest BCUT2D eigenvalue weighted by Crippen LogP contribution is -2.54. The quantitative estimate of drug-likeness (QED) is 0.684. The highest BCUT2D eigenvalue weighted by atomic mass is 32.2. The summed E-state index contributed by atoms with van der Waals surface area (Å²) in [7, 11) is -3.88. The summed E-state index contributed by atoms with van der Waals surface area (Å²) in [5, 5.41) is 8.23. The summed E-state index contributed by atoms with van der Waals surface area (Å²) in [5.74, 6) is -0.755. The van der Waals surface area contributed by atoms with Crippen molar-refractivity contribution in [1.29, 1.82) is 0 Å². The van der Waals surface area contributed by atoms with Gasteiger partial charge in [0.2, 0.25) is 21.8 Å². The average Bonchev–Trinajstić information content (AvgIpc) is 3.21. The maximum absolute atomic E-state index is 13.5. The van der Waals surface area contributed by atoms with E-state index in [-0.39, 0.29) is 22.6 Å². The Morgan fingerprint density at radius 3 is 2.56 bits per heavy atom. The number of aryl methyl sites for hydroxylation is 1. The van der Waals surface area contributed by atoms with Crippen LogP contribution in [0.5, 0.6) is 0 Å². The van der Waals surface area contributed by atoms with E-state index in [1.165, 1.54) is 10.4 Å². The Kier molecular flexibility index (Phi) is 6.47. The molecule has 0 radical (unpaired) electrons. The van der Waals surface area contributed by atoms with Crippen molar-refractivity contribution in [3.8, 4) is 0 Å². The molecule has 174 valence electrons. The van der Waals surface area contributed by atoms with E-state index in [1.807, 2.05) is 6.92 Å². The maximum Gasteiger partial charge on any atom is 0.243 e. The van der Waals surface area contributed by atoms with Crippen LogP contribution in [0.25, 0.3) is 11.0 Å². The van der Waals surface area contributed by atoms with Crippen molar-refractivity contribution in [3.63, 3.8) is 0 Å². The highest BCUT2D eigenvalue weighted by Crippen LogP contribution is 2.29. The fraction of sp³-hybridized carbons (Fsp3) is 0.619. The van der Waals surface area contributed by atoms with E-state index in [4.69, 9.17) is 5.73 Å². The molecule has 2 fully saturated rings. The minimum atomic E-state index is -3.88. The predicted octanol–water partition coefficient (Wildman–Crippen LogP) is 1.11. The molecular weight excluding hydrogens is 432 g/mol. The molecule has 0 saturated carbocycles. The lowest BCUT2D eigenvalue weighted by atomic mass is 9.95. The van der Waals surface area contributed by atoms with E-state index in [2.05, 4.69) is 10.3 Å². The van der Waals surface area contributed by atoms with Crippen molar-refractivity contribution in [2.24, 2.45) is 11.7 Å². The number of nitrogens with zero attached hydrogens (tertiary/aromatic N) is 5. The zero-order valence-electron chi connectivity index (χ0n) is 18.3. The van der Waals surface area contributed by atoms with Crippen LogP contribution in [0.4, 0.5) is 0 Å². The van der Waals surface area contributed by atoms with Crippen molar-refractivity contribution in [3.05, 3.63) is 18.2 Å². The van der Waals surface area contributed by atoms with E-state index < -0.39 is 16.1 Å². The van der Waals surface area contributed by atoms with Crippen molar-refractivity contribution in [2.45, 2.75) is 62.9 Å². The Bertz CT molecular complexity index is 1110. The Morgan fingerprint density at radius 2 is 1.88 bits per heavy atom. The average molecular weight is 463 g/mol. The molecule has 3 heterocycles. The Morgan fingerprint density at radius 1 is 1.12 bits per heavy atom. The fourth-order valence-electron chi connectivity index (χ4n) is 4.66. The van der Waals surface area contributed by atoms with Crippen molar-refractivity contribution >= 4 is 32.9 Å². The third kappa shape index (κ3) is 4.23. The first kappa shape index (κ1) is 22.7. The van der Waals surface area contributed by atoms with Gasteiger partial charge in [-0.1, -0.05) is 18.6 Å². The number of benzene rings is 1. The largest absolute Gasteiger partial charge is 0.369 e. The molecule has 0 bridgehead atoms. The summed E-state index contributed by atoms with van der Waals surface area (Å²) in [5.41, 5.74) is 6.70. The second-order valence-corrected chi connectivity index (χ2v) is 10.5. The van der Waals surface area contributed by atoms with Crippen LogP contribution in [0.3, 0.4) is 0 Å². The molecule has 2 aliphatic heterocycles. The molecule has 1 atom stereocenters. The molecule has 32 heavy (non-hydrogen) atoms. The monoisotopic (exact) mass is 462 g/mol. The van der Waals surface area contributed by atoms with Crippen LogP contribution in [-0.2, 0) is 26.2 Å². The first-order valence-electron chi connectivity index (χ1n) is 11.3. The summed E-state index contributed by atoms with van der Waals surface area (Å²) in [6, 6.07) is 4.11. The topological polar surface area (TPSA) is 131 Å². The van der Waals surface area contributed by atoms with E-state index >= 15 is 0 Å². The van der Waals surface area contributed by atoms with Gasteiger partial charge in [-0.3, -0.25) is 9.59 Å². The Labute approximate surface area is 187 Å². The van der Waals surface area contributed by atoms with Gasteiger partial charge >= 0.3 is 0 Å². The number of carbonyl (C=O) groups is 2. The number of primary amides is 1. The molecule has 0 spiro atoms. The first-order valence-corrected chi connectivity index (χ1v) is 12.7. The summed E-state index contributed by atoms with van der Waals surface area (Å²) < 4.78 is 30.2. The van der Waals surface area contributed by atoms with Gasteiger partial charge in [0.05, 0.1) is 10.4 Å². The smallest absolute Gasteiger partial charge is 0.243 e. The third-order valence-corrected chi connectivity index (χ3v) is 8.38. The van der Waals surface area contributed by atoms with Crippen molar-refractivity contribution < 1.29 is 18.0 Å². The van der Waals surface area contributed by atoms with Gasteiger partial charge in [-0.25, -0.2) is 13.1 Å². The van der Waals surface area contributed by atoms with Crippen molar-refractivity contribution in [2.75, 3.05) is 19.6 Å². The fourth-order valence-corrected chi connectivity index (χ4v) is 6.33. The molecule has 11 heteroatoms. The minimum Gasteiger partial charge on any atom is -0.369 e. The van der Waals surface area contributed by atoms with Gasteiger partial charge in [0.15, 0.2) is 0 Å². The molecule has 1 aromatic carbocycles. The molecule has 2 aliphatic rings. The number of hydrogen-bond donors (Lipinski definition) is 1. The van der Waals surface area contributed by atoms with Gasteiger partial charge in [-0.05, 0) is 50.3 Å². The third-order valence-electron chi connectivity index (χ3n) is 6.48. The van der Waals surface area contributed by atoms with Gasteiger partial charge < -0.3 is 10.6 Å². The van der Waals surface area contributed by atoms with Gasteiger partial charge in [-0.15, -0.1) is 5.10 Å². The van der Waals surface area contributed by atoms with Crippen molar-refractivity contribution in [1.82, 2.24) is 24.2 Å².